The van der Waals surface area contributed by atoms with Crippen molar-refractivity contribution in [3.8, 4) is 0 Å². The van der Waals surface area contributed by atoms with E-state index in [0.717, 1.165) is 34.8 Å². The van der Waals surface area contributed by atoms with Crippen LogP contribution in [0.25, 0.3) is 0 Å². The molecule has 2 amide bonds. The van der Waals surface area contributed by atoms with Crippen molar-refractivity contribution in [2.24, 2.45) is 0 Å². The van der Waals surface area contributed by atoms with Crippen LogP contribution in [-0.4, -0.2) is 58.0 Å². The fourth-order valence-electron chi connectivity index (χ4n) is 2.98. The third-order valence-corrected chi connectivity index (χ3v) is 6.34. The second-order valence-electron chi connectivity index (χ2n) is 5.39. The van der Waals surface area contributed by atoms with Crippen LogP contribution in [0.1, 0.15) is 22.9 Å². The van der Waals surface area contributed by atoms with Crippen LogP contribution in [0.5, 0.6) is 0 Å². The number of carboxylic acid groups (broad SMARTS) is 1. The van der Waals surface area contributed by atoms with Gasteiger partial charge in [-0.25, -0.2) is 9.59 Å². The first-order valence-corrected chi connectivity index (χ1v) is 9.03. The molecule has 0 spiro atoms. The lowest BCUT2D eigenvalue weighted by atomic mass is 10.0. The highest BCUT2D eigenvalue weighted by Crippen LogP contribution is 2.34. The molecular weight excluding hydrogens is 308 g/mol. The molecule has 2 aliphatic heterocycles. The number of aliphatic carboxylic acids is 1. The van der Waals surface area contributed by atoms with Gasteiger partial charge in [0.05, 0.1) is 0 Å². The highest BCUT2D eigenvalue weighted by atomic mass is 32.2. The number of rotatable bonds is 2. The zero-order valence-electron chi connectivity index (χ0n) is 11.8. The summed E-state index contributed by atoms with van der Waals surface area (Å²) < 4.78 is 0. The summed E-state index contributed by atoms with van der Waals surface area (Å²) in [4.78, 5) is 28.7. The lowest BCUT2D eigenvalue weighted by molar-refractivity contribution is -0.143. The Morgan fingerprint density at radius 2 is 2.29 bits per heavy atom. The molecule has 0 radical (unpaired) electrons. The standard InChI is InChI=1S/C14H18N2O3S2/c1-15(9-3-6-20-8-9)14(19)16-5-2-11-10(4-7-21-11)12(16)13(17)18/h4,7,9,12H,2-3,5-6,8H2,1H3,(H,17,18). The van der Waals surface area contributed by atoms with Crippen molar-refractivity contribution in [3.05, 3.63) is 21.9 Å². The van der Waals surface area contributed by atoms with Crippen LogP contribution in [0.4, 0.5) is 4.79 Å². The van der Waals surface area contributed by atoms with Crippen LogP contribution in [0.2, 0.25) is 0 Å². The van der Waals surface area contributed by atoms with Crippen LogP contribution in [0, 0.1) is 0 Å². The summed E-state index contributed by atoms with van der Waals surface area (Å²) in [7, 11) is 1.79. The number of thioether (sulfide) groups is 1. The molecule has 114 valence electrons. The summed E-state index contributed by atoms with van der Waals surface area (Å²) in [5.74, 6) is 1.06. The first kappa shape index (κ1) is 14.7. The van der Waals surface area contributed by atoms with Gasteiger partial charge in [-0.15, -0.1) is 11.3 Å². The third-order valence-electron chi connectivity index (χ3n) is 4.20. The van der Waals surface area contributed by atoms with Crippen molar-refractivity contribution in [2.75, 3.05) is 25.1 Å². The third kappa shape index (κ3) is 2.64. The van der Waals surface area contributed by atoms with Gasteiger partial charge in [0.15, 0.2) is 6.04 Å². The van der Waals surface area contributed by atoms with Gasteiger partial charge >= 0.3 is 12.0 Å². The summed E-state index contributed by atoms with van der Waals surface area (Å²) in [6, 6.07) is 1.06. The Morgan fingerprint density at radius 3 is 2.95 bits per heavy atom. The molecule has 2 aliphatic rings. The number of thiophene rings is 1. The maximum atomic E-state index is 12.7. The van der Waals surface area contributed by atoms with E-state index in [-0.39, 0.29) is 12.1 Å². The Kier molecular flexibility index (Phi) is 4.12. The first-order chi connectivity index (χ1) is 10.1. The van der Waals surface area contributed by atoms with E-state index < -0.39 is 12.0 Å². The molecule has 3 heterocycles. The van der Waals surface area contributed by atoms with Crippen LogP contribution in [0.15, 0.2) is 11.4 Å². The average Bonchev–Trinajstić information content (AvgIpc) is 3.14. The van der Waals surface area contributed by atoms with Gasteiger partial charge in [0.1, 0.15) is 0 Å². The minimum atomic E-state index is -0.947. The molecule has 21 heavy (non-hydrogen) atoms. The normalized spacial score (nSPS) is 24.7. The SMILES string of the molecule is CN(C(=O)N1CCc2sccc2C1C(=O)O)C1CCSC1. The molecule has 2 atom stereocenters. The minimum Gasteiger partial charge on any atom is -0.479 e. The fourth-order valence-corrected chi connectivity index (χ4v) is 5.15. The summed E-state index contributed by atoms with van der Waals surface area (Å²) in [5, 5.41) is 11.5. The molecule has 1 aromatic heterocycles. The van der Waals surface area contributed by atoms with E-state index in [4.69, 9.17) is 0 Å². The molecule has 3 rings (SSSR count). The van der Waals surface area contributed by atoms with Crippen molar-refractivity contribution >= 4 is 35.1 Å². The number of nitrogens with zero attached hydrogens (tertiary/aromatic N) is 2. The Hall–Kier alpha value is -1.21. The number of hydrogen-bond acceptors (Lipinski definition) is 4. The second kappa shape index (κ2) is 5.88. The molecule has 1 saturated heterocycles. The number of amides is 2. The quantitative estimate of drug-likeness (QED) is 0.906. The van der Waals surface area contributed by atoms with Crippen molar-refractivity contribution in [1.29, 1.82) is 0 Å². The number of carboxylic acids is 1. The molecule has 0 aliphatic carbocycles. The maximum absolute atomic E-state index is 12.7. The smallest absolute Gasteiger partial charge is 0.331 e. The average molecular weight is 326 g/mol. The molecule has 0 aromatic carbocycles. The Bertz CT molecular complexity index is 554. The highest BCUT2D eigenvalue weighted by molar-refractivity contribution is 7.99. The van der Waals surface area contributed by atoms with Crippen molar-refractivity contribution in [1.82, 2.24) is 9.80 Å². The summed E-state index contributed by atoms with van der Waals surface area (Å²) >= 11 is 3.42. The largest absolute Gasteiger partial charge is 0.479 e. The van der Waals surface area contributed by atoms with Gasteiger partial charge < -0.3 is 14.9 Å². The van der Waals surface area contributed by atoms with Gasteiger partial charge in [-0.3, -0.25) is 0 Å². The molecule has 1 aromatic rings. The molecule has 0 saturated carbocycles. The van der Waals surface area contributed by atoms with E-state index in [1.165, 1.54) is 4.90 Å². The molecule has 5 nitrogen and oxygen atoms in total. The highest BCUT2D eigenvalue weighted by Gasteiger charge is 2.39. The molecule has 1 fully saturated rings. The Labute approximate surface area is 131 Å². The summed E-state index contributed by atoms with van der Waals surface area (Å²) in [6.45, 7) is 0.480. The second-order valence-corrected chi connectivity index (χ2v) is 7.54. The van der Waals surface area contributed by atoms with Crippen molar-refractivity contribution in [2.45, 2.75) is 24.9 Å². The maximum Gasteiger partial charge on any atom is 0.331 e. The van der Waals surface area contributed by atoms with E-state index in [1.54, 1.807) is 23.3 Å². The van der Waals surface area contributed by atoms with E-state index in [0.29, 0.717) is 6.54 Å². The van der Waals surface area contributed by atoms with Gasteiger partial charge in [0.2, 0.25) is 0 Å². The monoisotopic (exact) mass is 326 g/mol. The summed E-state index contributed by atoms with van der Waals surface area (Å²) in [6.07, 6.45) is 1.73. The molecule has 0 bridgehead atoms. The van der Waals surface area contributed by atoms with Gasteiger partial charge in [-0.1, -0.05) is 0 Å². The predicted molar refractivity (Wildman–Crippen MR) is 84.0 cm³/mol. The van der Waals surface area contributed by atoms with Gasteiger partial charge in [-0.2, -0.15) is 11.8 Å². The number of urea groups is 1. The lowest BCUT2D eigenvalue weighted by Gasteiger charge is -2.37. The van der Waals surface area contributed by atoms with E-state index in [2.05, 4.69) is 0 Å². The van der Waals surface area contributed by atoms with E-state index in [1.807, 2.05) is 23.2 Å². The van der Waals surface area contributed by atoms with Crippen LogP contribution in [0.3, 0.4) is 0 Å². The summed E-state index contributed by atoms with van der Waals surface area (Å²) in [5.41, 5.74) is 0.779. The fraction of sp³-hybridized carbons (Fsp3) is 0.571. The zero-order valence-corrected chi connectivity index (χ0v) is 13.5. The minimum absolute atomic E-state index is 0.160. The number of fused-ring (bicyclic) bond motifs is 1. The molecule has 2 unspecified atom stereocenters. The molecular formula is C14H18N2O3S2. The topological polar surface area (TPSA) is 60.9 Å². The Morgan fingerprint density at radius 1 is 1.48 bits per heavy atom. The number of carbonyl (C=O) groups is 2. The lowest BCUT2D eigenvalue weighted by Crippen LogP contribution is -2.51. The number of hydrogen-bond donors (Lipinski definition) is 1. The molecule has 1 N–H and O–H groups in total. The van der Waals surface area contributed by atoms with Crippen LogP contribution in [-0.2, 0) is 11.2 Å². The van der Waals surface area contributed by atoms with Gasteiger partial charge in [0, 0.05) is 30.3 Å². The predicted octanol–water partition coefficient (Wildman–Crippen LogP) is 2.29. The van der Waals surface area contributed by atoms with E-state index in [9.17, 15) is 14.7 Å². The van der Waals surface area contributed by atoms with Gasteiger partial charge in [-0.05, 0) is 35.6 Å². The Balaban J connectivity index is 1.83. The van der Waals surface area contributed by atoms with Crippen molar-refractivity contribution < 1.29 is 14.7 Å². The number of carbonyl (C=O) groups excluding carboxylic acids is 1. The zero-order chi connectivity index (χ0) is 15.0. The van der Waals surface area contributed by atoms with Crippen molar-refractivity contribution in [3.63, 3.8) is 0 Å². The molecule has 7 heteroatoms. The van der Waals surface area contributed by atoms with Gasteiger partial charge in [0.25, 0.3) is 0 Å². The van der Waals surface area contributed by atoms with Crippen LogP contribution < -0.4 is 0 Å². The van der Waals surface area contributed by atoms with E-state index >= 15 is 0 Å². The van der Waals surface area contributed by atoms with Crippen LogP contribution >= 0.6 is 23.1 Å². The first-order valence-electron chi connectivity index (χ1n) is 7.00.